The van der Waals surface area contributed by atoms with E-state index in [1.807, 2.05) is 6.92 Å². The Bertz CT molecular complexity index is 449. The lowest BCUT2D eigenvalue weighted by Crippen LogP contribution is -2.34. The SMILES string of the molecule is CCCCOC(=O)[C@@H](CC(=O)OC(C)(C)C)OC(=O)CCC(=O)O. The van der Waals surface area contributed by atoms with Crippen LogP contribution in [0.5, 0.6) is 0 Å². The second-order valence-corrected chi connectivity index (χ2v) is 6.18. The first-order valence-electron chi connectivity index (χ1n) is 7.85. The van der Waals surface area contributed by atoms with Crippen LogP contribution in [-0.2, 0) is 33.4 Å². The number of carboxylic acids is 1. The van der Waals surface area contributed by atoms with Crippen LogP contribution in [0, 0.1) is 0 Å². The lowest BCUT2D eigenvalue weighted by Gasteiger charge is -2.21. The van der Waals surface area contributed by atoms with Crippen molar-refractivity contribution in [3.8, 4) is 0 Å². The molecule has 0 fully saturated rings. The number of carbonyl (C=O) groups is 4. The minimum absolute atomic E-state index is 0.146. The lowest BCUT2D eigenvalue weighted by molar-refractivity contribution is -0.175. The Morgan fingerprint density at radius 1 is 1.04 bits per heavy atom. The monoisotopic (exact) mass is 346 g/mol. The normalized spacial score (nSPS) is 12.2. The van der Waals surface area contributed by atoms with Crippen LogP contribution in [-0.4, -0.2) is 47.3 Å². The van der Waals surface area contributed by atoms with Crippen molar-refractivity contribution in [1.82, 2.24) is 0 Å². The average molecular weight is 346 g/mol. The van der Waals surface area contributed by atoms with Crippen LogP contribution in [0.3, 0.4) is 0 Å². The molecule has 0 aromatic heterocycles. The predicted molar refractivity (Wildman–Crippen MR) is 83.1 cm³/mol. The first-order valence-corrected chi connectivity index (χ1v) is 7.85. The van der Waals surface area contributed by atoms with Crippen LogP contribution in [0.15, 0.2) is 0 Å². The minimum Gasteiger partial charge on any atom is -0.481 e. The van der Waals surface area contributed by atoms with Crippen molar-refractivity contribution in [2.24, 2.45) is 0 Å². The van der Waals surface area contributed by atoms with Crippen LogP contribution >= 0.6 is 0 Å². The third-order valence-corrected chi connectivity index (χ3v) is 2.59. The molecule has 0 radical (unpaired) electrons. The van der Waals surface area contributed by atoms with Gasteiger partial charge in [0.05, 0.1) is 25.9 Å². The Labute approximate surface area is 141 Å². The second kappa shape index (κ2) is 10.6. The summed E-state index contributed by atoms with van der Waals surface area (Å²) in [5, 5.41) is 8.55. The van der Waals surface area contributed by atoms with Crippen molar-refractivity contribution in [3.63, 3.8) is 0 Å². The summed E-state index contributed by atoms with van der Waals surface area (Å²) in [6.45, 7) is 7.06. The lowest BCUT2D eigenvalue weighted by atomic mass is 10.2. The number of ether oxygens (including phenoxy) is 3. The summed E-state index contributed by atoms with van der Waals surface area (Å²) >= 11 is 0. The van der Waals surface area contributed by atoms with Crippen molar-refractivity contribution in [2.75, 3.05) is 6.61 Å². The maximum atomic E-state index is 12.0. The van der Waals surface area contributed by atoms with E-state index in [-0.39, 0.29) is 6.61 Å². The number of carboxylic acid groups (broad SMARTS) is 1. The topological polar surface area (TPSA) is 116 Å². The molecule has 0 aliphatic rings. The fourth-order valence-corrected chi connectivity index (χ4v) is 1.54. The Balaban J connectivity index is 4.75. The highest BCUT2D eigenvalue weighted by molar-refractivity contribution is 5.85. The summed E-state index contributed by atoms with van der Waals surface area (Å²) < 4.78 is 15.0. The molecule has 0 saturated heterocycles. The molecule has 0 aliphatic heterocycles. The van der Waals surface area contributed by atoms with Crippen molar-refractivity contribution >= 4 is 23.9 Å². The zero-order valence-corrected chi connectivity index (χ0v) is 14.6. The summed E-state index contributed by atoms with van der Waals surface area (Å²) in [7, 11) is 0. The molecule has 138 valence electrons. The van der Waals surface area contributed by atoms with E-state index in [2.05, 4.69) is 0 Å². The van der Waals surface area contributed by atoms with E-state index in [4.69, 9.17) is 19.3 Å². The second-order valence-electron chi connectivity index (χ2n) is 6.18. The Kier molecular flexibility index (Phi) is 9.68. The van der Waals surface area contributed by atoms with E-state index in [1.54, 1.807) is 20.8 Å². The molecular formula is C16H26O8. The van der Waals surface area contributed by atoms with E-state index in [0.717, 1.165) is 6.42 Å². The van der Waals surface area contributed by atoms with Crippen molar-refractivity contribution in [3.05, 3.63) is 0 Å². The summed E-state index contributed by atoms with van der Waals surface area (Å²) in [6, 6.07) is 0. The number of unbranched alkanes of at least 4 members (excludes halogenated alkanes) is 1. The summed E-state index contributed by atoms with van der Waals surface area (Å²) in [5.74, 6) is -3.62. The van der Waals surface area contributed by atoms with Crippen LogP contribution in [0.2, 0.25) is 0 Å². The summed E-state index contributed by atoms with van der Waals surface area (Å²) in [6.07, 6.45) is -1.31. The largest absolute Gasteiger partial charge is 0.481 e. The maximum absolute atomic E-state index is 12.0. The number of rotatable bonds is 10. The van der Waals surface area contributed by atoms with Crippen LogP contribution in [0.4, 0.5) is 0 Å². The first kappa shape index (κ1) is 21.9. The van der Waals surface area contributed by atoms with Gasteiger partial charge < -0.3 is 19.3 Å². The van der Waals surface area contributed by atoms with Crippen molar-refractivity contribution in [1.29, 1.82) is 0 Å². The fraction of sp³-hybridized carbons (Fsp3) is 0.750. The Hall–Kier alpha value is -2.12. The maximum Gasteiger partial charge on any atom is 0.348 e. The smallest absolute Gasteiger partial charge is 0.348 e. The van der Waals surface area contributed by atoms with Gasteiger partial charge in [-0.3, -0.25) is 14.4 Å². The zero-order chi connectivity index (χ0) is 18.8. The summed E-state index contributed by atoms with van der Waals surface area (Å²) in [4.78, 5) is 45.9. The quantitative estimate of drug-likeness (QED) is 0.362. The number of aliphatic carboxylic acids is 1. The number of esters is 3. The van der Waals surface area contributed by atoms with E-state index >= 15 is 0 Å². The molecule has 0 unspecified atom stereocenters. The molecule has 1 atom stereocenters. The van der Waals surface area contributed by atoms with Crippen molar-refractivity contribution in [2.45, 2.75) is 71.5 Å². The van der Waals surface area contributed by atoms with E-state index < -0.39 is 54.8 Å². The third kappa shape index (κ3) is 11.4. The fourth-order valence-electron chi connectivity index (χ4n) is 1.54. The van der Waals surface area contributed by atoms with Gasteiger partial charge in [-0.2, -0.15) is 0 Å². The van der Waals surface area contributed by atoms with Gasteiger partial charge in [-0.15, -0.1) is 0 Å². The molecule has 0 amide bonds. The van der Waals surface area contributed by atoms with Gasteiger partial charge in [-0.25, -0.2) is 4.79 Å². The molecule has 0 aromatic carbocycles. The van der Waals surface area contributed by atoms with Gasteiger partial charge in [-0.1, -0.05) is 13.3 Å². The molecule has 8 nitrogen and oxygen atoms in total. The van der Waals surface area contributed by atoms with Crippen LogP contribution < -0.4 is 0 Å². The molecule has 0 aliphatic carbocycles. The molecule has 0 saturated carbocycles. The van der Waals surface area contributed by atoms with E-state index in [0.29, 0.717) is 6.42 Å². The highest BCUT2D eigenvalue weighted by Gasteiger charge is 2.30. The van der Waals surface area contributed by atoms with Gasteiger partial charge in [0.1, 0.15) is 5.60 Å². The number of hydrogen-bond acceptors (Lipinski definition) is 7. The molecule has 0 rings (SSSR count). The molecule has 8 heteroatoms. The van der Waals surface area contributed by atoms with E-state index in [9.17, 15) is 19.2 Å². The Morgan fingerprint density at radius 2 is 1.67 bits per heavy atom. The molecule has 0 spiro atoms. The van der Waals surface area contributed by atoms with Gasteiger partial charge >= 0.3 is 23.9 Å². The molecular weight excluding hydrogens is 320 g/mol. The van der Waals surface area contributed by atoms with Crippen molar-refractivity contribution < 1.29 is 38.5 Å². The molecule has 1 N–H and O–H groups in total. The van der Waals surface area contributed by atoms with Gasteiger partial charge in [0.15, 0.2) is 0 Å². The highest BCUT2D eigenvalue weighted by atomic mass is 16.6. The van der Waals surface area contributed by atoms with Gasteiger partial charge in [-0.05, 0) is 27.2 Å². The van der Waals surface area contributed by atoms with Crippen LogP contribution in [0.1, 0.15) is 59.8 Å². The van der Waals surface area contributed by atoms with Crippen LogP contribution in [0.25, 0.3) is 0 Å². The Morgan fingerprint density at radius 3 is 2.17 bits per heavy atom. The van der Waals surface area contributed by atoms with Gasteiger partial charge in [0, 0.05) is 0 Å². The van der Waals surface area contributed by atoms with Gasteiger partial charge in [0.2, 0.25) is 6.10 Å². The molecule has 24 heavy (non-hydrogen) atoms. The minimum atomic E-state index is -1.45. The third-order valence-electron chi connectivity index (χ3n) is 2.59. The average Bonchev–Trinajstić information content (AvgIpc) is 2.42. The summed E-state index contributed by atoms with van der Waals surface area (Å²) in [5.41, 5.74) is -0.749. The first-order chi connectivity index (χ1) is 11.0. The number of carbonyl (C=O) groups excluding carboxylic acids is 3. The molecule has 0 bridgehead atoms. The zero-order valence-electron chi connectivity index (χ0n) is 14.6. The van der Waals surface area contributed by atoms with Gasteiger partial charge in [0.25, 0.3) is 0 Å². The highest BCUT2D eigenvalue weighted by Crippen LogP contribution is 2.12. The standard InChI is InChI=1S/C16H26O8/c1-5-6-9-22-15(21)11(10-14(20)24-16(2,3)4)23-13(19)8-7-12(17)18/h11H,5-10H2,1-4H3,(H,17,18)/t11-/m1/s1. The van der Waals surface area contributed by atoms with E-state index in [1.165, 1.54) is 0 Å². The molecule has 0 heterocycles. The predicted octanol–water partition coefficient (Wildman–Crippen LogP) is 1.84. The number of hydrogen-bond donors (Lipinski definition) is 1. The molecule has 0 aromatic rings.